The van der Waals surface area contributed by atoms with Crippen LogP contribution in [0, 0.1) is 0 Å². The van der Waals surface area contributed by atoms with Gasteiger partial charge in [0.15, 0.2) is 0 Å². The van der Waals surface area contributed by atoms with Crippen molar-refractivity contribution in [1.29, 1.82) is 0 Å². The van der Waals surface area contributed by atoms with Crippen LogP contribution >= 0.6 is 0 Å². The molecule has 0 aliphatic carbocycles. The fraction of sp³-hybridized carbons (Fsp3) is 0.667. The quantitative estimate of drug-likeness (QED) is 0.785. The highest BCUT2D eigenvalue weighted by Gasteiger charge is 2.17. The molecule has 0 aromatic carbocycles. The average molecular weight is 207 g/mol. The van der Waals surface area contributed by atoms with Crippen LogP contribution in [0.3, 0.4) is 0 Å². The van der Waals surface area contributed by atoms with Crippen molar-refractivity contribution in [3.63, 3.8) is 0 Å². The van der Waals surface area contributed by atoms with Crippen LogP contribution in [-0.4, -0.2) is 36.1 Å². The first-order valence-corrected chi connectivity index (χ1v) is 5.89. The number of aromatic nitrogens is 1. The van der Waals surface area contributed by atoms with Gasteiger partial charge in [0.25, 0.3) is 0 Å². The van der Waals surface area contributed by atoms with E-state index < -0.39 is 0 Å². The normalized spacial score (nSPS) is 23.1. The van der Waals surface area contributed by atoms with Crippen molar-refractivity contribution >= 4 is 0 Å². The standard InChI is InChI=1S/C12H21N3/c1-15-8-3-2-6-12(15)10-13-9-11-5-4-7-14-11/h4-5,7,12-14H,2-3,6,8-10H2,1H3. The summed E-state index contributed by atoms with van der Waals surface area (Å²) in [5, 5.41) is 3.51. The lowest BCUT2D eigenvalue weighted by atomic mass is 10.0. The van der Waals surface area contributed by atoms with Crippen LogP contribution in [-0.2, 0) is 6.54 Å². The molecule has 1 atom stereocenters. The Morgan fingerprint density at radius 1 is 1.53 bits per heavy atom. The van der Waals surface area contributed by atoms with Gasteiger partial charge in [-0.1, -0.05) is 6.42 Å². The zero-order chi connectivity index (χ0) is 10.5. The van der Waals surface area contributed by atoms with E-state index in [0.717, 1.165) is 19.1 Å². The molecule has 0 spiro atoms. The van der Waals surface area contributed by atoms with Crippen LogP contribution in [0.5, 0.6) is 0 Å². The number of rotatable bonds is 4. The van der Waals surface area contributed by atoms with Crippen molar-refractivity contribution in [2.45, 2.75) is 31.8 Å². The van der Waals surface area contributed by atoms with Gasteiger partial charge in [-0.2, -0.15) is 0 Å². The second kappa shape index (κ2) is 5.33. The van der Waals surface area contributed by atoms with Crippen molar-refractivity contribution in [3.05, 3.63) is 24.0 Å². The van der Waals surface area contributed by atoms with Crippen LogP contribution in [0.15, 0.2) is 18.3 Å². The Kier molecular flexibility index (Phi) is 3.80. The van der Waals surface area contributed by atoms with Gasteiger partial charge in [-0.05, 0) is 38.6 Å². The molecule has 1 aliphatic heterocycles. The van der Waals surface area contributed by atoms with Gasteiger partial charge in [0.1, 0.15) is 0 Å². The third-order valence-corrected chi connectivity index (χ3v) is 3.28. The number of hydrogen-bond donors (Lipinski definition) is 2. The Balaban J connectivity index is 1.68. The van der Waals surface area contributed by atoms with E-state index in [0.29, 0.717) is 0 Å². The lowest BCUT2D eigenvalue weighted by Gasteiger charge is -2.32. The zero-order valence-corrected chi connectivity index (χ0v) is 9.50. The van der Waals surface area contributed by atoms with Crippen molar-refractivity contribution in [1.82, 2.24) is 15.2 Å². The second-order valence-corrected chi connectivity index (χ2v) is 4.46. The van der Waals surface area contributed by atoms with Gasteiger partial charge < -0.3 is 15.2 Å². The number of likely N-dealkylation sites (tertiary alicyclic amines) is 1. The molecule has 0 bridgehead atoms. The highest BCUT2D eigenvalue weighted by atomic mass is 15.2. The van der Waals surface area contributed by atoms with E-state index in [-0.39, 0.29) is 0 Å². The molecule has 0 radical (unpaired) electrons. The highest BCUT2D eigenvalue weighted by molar-refractivity contribution is 5.02. The maximum absolute atomic E-state index is 3.51. The SMILES string of the molecule is CN1CCCCC1CNCc1ccc[nH]1. The minimum atomic E-state index is 0.730. The fourth-order valence-electron chi connectivity index (χ4n) is 2.25. The molecular formula is C12H21N3. The summed E-state index contributed by atoms with van der Waals surface area (Å²) in [6.45, 7) is 3.32. The molecule has 1 aromatic heterocycles. The summed E-state index contributed by atoms with van der Waals surface area (Å²) in [5.74, 6) is 0. The number of nitrogens with one attached hydrogen (secondary N) is 2. The van der Waals surface area contributed by atoms with E-state index in [9.17, 15) is 0 Å². The van der Waals surface area contributed by atoms with Crippen molar-refractivity contribution in [3.8, 4) is 0 Å². The van der Waals surface area contributed by atoms with E-state index in [1.807, 2.05) is 12.3 Å². The van der Waals surface area contributed by atoms with Crippen LogP contribution in [0.4, 0.5) is 0 Å². The summed E-state index contributed by atoms with van der Waals surface area (Å²) >= 11 is 0. The van der Waals surface area contributed by atoms with Crippen LogP contribution < -0.4 is 5.32 Å². The summed E-state index contributed by atoms with van der Waals surface area (Å²) in [6, 6.07) is 4.90. The first kappa shape index (κ1) is 10.7. The van der Waals surface area contributed by atoms with Crippen molar-refractivity contribution in [2.24, 2.45) is 0 Å². The molecule has 1 saturated heterocycles. The first-order valence-electron chi connectivity index (χ1n) is 5.89. The summed E-state index contributed by atoms with van der Waals surface area (Å²) in [5.41, 5.74) is 1.27. The van der Waals surface area contributed by atoms with Gasteiger partial charge in [0.2, 0.25) is 0 Å². The predicted octanol–water partition coefficient (Wildman–Crippen LogP) is 1.59. The monoisotopic (exact) mass is 207 g/mol. The summed E-state index contributed by atoms with van der Waals surface area (Å²) in [4.78, 5) is 5.69. The Morgan fingerprint density at radius 2 is 2.47 bits per heavy atom. The molecule has 0 saturated carbocycles. The molecule has 2 rings (SSSR count). The van der Waals surface area contributed by atoms with Crippen molar-refractivity contribution < 1.29 is 0 Å². The molecule has 1 fully saturated rings. The summed E-state index contributed by atoms with van der Waals surface area (Å²) in [6.07, 6.45) is 6.07. The molecule has 1 unspecified atom stereocenters. The van der Waals surface area contributed by atoms with E-state index in [2.05, 4.69) is 28.3 Å². The Hall–Kier alpha value is -0.800. The number of hydrogen-bond acceptors (Lipinski definition) is 2. The molecular weight excluding hydrogens is 186 g/mol. The molecule has 2 N–H and O–H groups in total. The molecule has 1 aliphatic rings. The lowest BCUT2D eigenvalue weighted by Crippen LogP contribution is -2.42. The van der Waals surface area contributed by atoms with Crippen LogP contribution in [0.1, 0.15) is 25.0 Å². The van der Waals surface area contributed by atoms with Gasteiger partial charge >= 0.3 is 0 Å². The summed E-state index contributed by atoms with van der Waals surface area (Å²) < 4.78 is 0. The lowest BCUT2D eigenvalue weighted by molar-refractivity contribution is 0.181. The topological polar surface area (TPSA) is 31.1 Å². The van der Waals surface area contributed by atoms with Crippen molar-refractivity contribution in [2.75, 3.05) is 20.1 Å². The minimum absolute atomic E-state index is 0.730. The Morgan fingerprint density at radius 3 is 3.20 bits per heavy atom. The van der Waals surface area contributed by atoms with Gasteiger partial charge in [0, 0.05) is 31.0 Å². The predicted molar refractivity (Wildman–Crippen MR) is 62.8 cm³/mol. The molecule has 0 amide bonds. The number of H-pyrrole nitrogens is 1. The van der Waals surface area contributed by atoms with E-state index in [1.165, 1.54) is 31.5 Å². The van der Waals surface area contributed by atoms with Crippen LogP contribution in [0.25, 0.3) is 0 Å². The second-order valence-electron chi connectivity index (χ2n) is 4.46. The third kappa shape index (κ3) is 3.08. The molecule has 84 valence electrons. The van der Waals surface area contributed by atoms with Gasteiger partial charge in [-0.25, -0.2) is 0 Å². The fourth-order valence-corrected chi connectivity index (χ4v) is 2.25. The summed E-state index contributed by atoms with van der Waals surface area (Å²) in [7, 11) is 2.24. The molecule has 3 heteroatoms. The number of likely N-dealkylation sites (N-methyl/N-ethyl adjacent to an activating group) is 1. The van der Waals surface area contributed by atoms with E-state index in [1.54, 1.807) is 0 Å². The first-order chi connectivity index (χ1) is 7.36. The molecule has 2 heterocycles. The third-order valence-electron chi connectivity index (χ3n) is 3.28. The Labute approximate surface area is 91.9 Å². The molecule has 15 heavy (non-hydrogen) atoms. The zero-order valence-electron chi connectivity index (χ0n) is 9.50. The van der Waals surface area contributed by atoms with E-state index in [4.69, 9.17) is 0 Å². The van der Waals surface area contributed by atoms with Gasteiger partial charge in [-0.15, -0.1) is 0 Å². The maximum atomic E-state index is 3.51. The van der Waals surface area contributed by atoms with Gasteiger partial charge in [0.05, 0.1) is 0 Å². The largest absolute Gasteiger partial charge is 0.364 e. The molecule has 1 aromatic rings. The minimum Gasteiger partial charge on any atom is -0.364 e. The number of nitrogens with zero attached hydrogens (tertiary/aromatic N) is 1. The van der Waals surface area contributed by atoms with Gasteiger partial charge in [-0.3, -0.25) is 0 Å². The number of piperidine rings is 1. The van der Waals surface area contributed by atoms with E-state index >= 15 is 0 Å². The average Bonchev–Trinajstić information content (AvgIpc) is 2.74. The highest BCUT2D eigenvalue weighted by Crippen LogP contribution is 2.13. The molecule has 3 nitrogen and oxygen atoms in total. The Bertz CT molecular complexity index is 268. The van der Waals surface area contributed by atoms with Crippen LogP contribution in [0.2, 0.25) is 0 Å². The maximum Gasteiger partial charge on any atom is 0.0357 e. The number of aromatic amines is 1. The smallest absolute Gasteiger partial charge is 0.0357 e.